The summed E-state index contributed by atoms with van der Waals surface area (Å²) in [6.45, 7) is 4.18. The quantitative estimate of drug-likeness (QED) is 0.884. The van der Waals surface area contributed by atoms with Crippen LogP contribution < -0.4 is 5.73 Å². The van der Waals surface area contributed by atoms with E-state index in [4.69, 9.17) is 10.2 Å². The van der Waals surface area contributed by atoms with Gasteiger partial charge in [-0.15, -0.1) is 11.3 Å². The molecule has 2 rings (SSSR count). The van der Waals surface area contributed by atoms with E-state index in [1.54, 1.807) is 11.3 Å². The summed E-state index contributed by atoms with van der Waals surface area (Å²) in [6.07, 6.45) is 0. The van der Waals surface area contributed by atoms with Crippen LogP contribution in [0.2, 0.25) is 0 Å². The Kier molecular flexibility index (Phi) is 3.93. The maximum atomic E-state index is 5.57. The third-order valence-electron chi connectivity index (χ3n) is 2.60. The summed E-state index contributed by atoms with van der Waals surface area (Å²) in [4.78, 5) is 7.76. The molecule has 2 heterocycles. The predicted molar refractivity (Wildman–Crippen MR) is 68.6 cm³/mol. The summed E-state index contributed by atoms with van der Waals surface area (Å²) < 4.78 is 5.57. The summed E-state index contributed by atoms with van der Waals surface area (Å²) in [6, 6.07) is 3.92. The molecule has 0 saturated heterocycles. The van der Waals surface area contributed by atoms with Gasteiger partial charge in [-0.3, -0.25) is 4.90 Å². The molecule has 92 valence electrons. The number of thiazole rings is 1. The summed E-state index contributed by atoms with van der Waals surface area (Å²) in [5, 5.41) is 0. The Hall–Kier alpha value is -1.17. The van der Waals surface area contributed by atoms with Crippen LogP contribution in [-0.2, 0) is 19.6 Å². The van der Waals surface area contributed by atoms with Crippen LogP contribution in [0.4, 0.5) is 0 Å². The molecule has 0 unspecified atom stereocenters. The van der Waals surface area contributed by atoms with Crippen molar-refractivity contribution in [1.82, 2.24) is 9.88 Å². The molecule has 0 atom stereocenters. The number of rotatable bonds is 5. The van der Waals surface area contributed by atoms with Crippen molar-refractivity contribution < 1.29 is 4.42 Å². The summed E-state index contributed by atoms with van der Waals surface area (Å²) in [5.41, 5.74) is 8.51. The molecule has 0 radical (unpaired) electrons. The van der Waals surface area contributed by atoms with E-state index in [9.17, 15) is 0 Å². The van der Waals surface area contributed by atoms with Crippen LogP contribution in [0.25, 0.3) is 0 Å². The SMILES string of the molecule is Cc1ncsc1CN(C)Cc1ccc(CN)o1. The van der Waals surface area contributed by atoms with Gasteiger partial charge in [-0.25, -0.2) is 4.98 Å². The van der Waals surface area contributed by atoms with Crippen LogP contribution in [0, 0.1) is 6.92 Å². The van der Waals surface area contributed by atoms with Gasteiger partial charge in [0.2, 0.25) is 0 Å². The van der Waals surface area contributed by atoms with Crippen molar-refractivity contribution in [3.63, 3.8) is 0 Å². The van der Waals surface area contributed by atoms with Gasteiger partial charge in [-0.05, 0) is 26.1 Å². The maximum Gasteiger partial charge on any atom is 0.118 e. The largest absolute Gasteiger partial charge is 0.463 e. The van der Waals surface area contributed by atoms with Crippen LogP contribution in [0.5, 0.6) is 0 Å². The van der Waals surface area contributed by atoms with Crippen molar-refractivity contribution in [2.45, 2.75) is 26.6 Å². The Labute approximate surface area is 105 Å². The first-order valence-electron chi connectivity index (χ1n) is 5.54. The van der Waals surface area contributed by atoms with Crippen molar-refractivity contribution in [2.24, 2.45) is 5.73 Å². The van der Waals surface area contributed by atoms with Gasteiger partial charge in [-0.2, -0.15) is 0 Å². The second-order valence-corrected chi connectivity index (χ2v) is 5.04. The van der Waals surface area contributed by atoms with E-state index in [1.165, 1.54) is 4.88 Å². The molecule has 2 aromatic rings. The van der Waals surface area contributed by atoms with E-state index in [0.29, 0.717) is 6.54 Å². The minimum absolute atomic E-state index is 0.456. The van der Waals surface area contributed by atoms with Crippen LogP contribution in [-0.4, -0.2) is 16.9 Å². The lowest BCUT2D eigenvalue weighted by Gasteiger charge is -2.14. The molecule has 0 bridgehead atoms. The van der Waals surface area contributed by atoms with Crippen LogP contribution in [0.3, 0.4) is 0 Å². The van der Waals surface area contributed by atoms with Gasteiger partial charge in [0, 0.05) is 11.4 Å². The van der Waals surface area contributed by atoms with Crippen LogP contribution in [0.1, 0.15) is 22.1 Å². The molecular weight excluding hydrogens is 234 g/mol. The minimum Gasteiger partial charge on any atom is -0.463 e. The third-order valence-corrected chi connectivity index (χ3v) is 3.52. The molecule has 0 aliphatic carbocycles. The van der Waals surface area contributed by atoms with E-state index in [0.717, 1.165) is 30.3 Å². The highest BCUT2D eigenvalue weighted by Gasteiger charge is 2.08. The number of hydrogen-bond acceptors (Lipinski definition) is 5. The van der Waals surface area contributed by atoms with E-state index < -0.39 is 0 Å². The molecule has 2 aromatic heterocycles. The molecule has 2 N–H and O–H groups in total. The standard InChI is InChI=1S/C12H17N3OS/c1-9-12(17-8-14-9)7-15(2)6-11-4-3-10(5-13)16-11/h3-4,8H,5-7,13H2,1-2H3. The number of hydrogen-bond donors (Lipinski definition) is 1. The molecular formula is C12H17N3OS. The molecule has 0 fully saturated rings. The fourth-order valence-electron chi connectivity index (χ4n) is 1.66. The highest BCUT2D eigenvalue weighted by atomic mass is 32.1. The van der Waals surface area contributed by atoms with Gasteiger partial charge < -0.3 is 10.2 Å². The predicted octanol–water partition coefficient (Wildman–Crippen LogP) is 2.14. The number of furan rings is 1. The first-order chi connectivity index (χ1) is 8.19. The van der Waals surface area contributed by atoms with E-state index >= 15 is 0 Å². The summed E-state index contributed by atoms with van der Waals surface area (Å²) in [7, 11) is 2.07. The second-order valence-electron chi connectivity index (χ2n) is 4.11. The first-order valence-corrected chi connectivity index (χ1v) is 6.42. The van der Waals surface area contributed by atoms with Crippen LogP contribution in [0.15, 0.2) is 22.1 Å². The van der Waals surface area contributed by atoms with E-state index in [2.05, 4.69) is 16.9 Å². The topological polar surface area (TPSA) is 55.3 Å². The Morgan fingerprint density at radius 2 is 2.12 bits per heavy atom. The smallest absolute Gasteiger partial charge is 0.118 e. The first kappa shape index (κ1) is 12.3. The zero-order chi connectivity index (χ0) is 12.3. The number of nitrogens with zero attached hydrogens (tertiary/aromatic N) is 2. The number of aromatic nitrogens is 1. The third kappa shape index (κ3) is 3.15. The molecule has 5 heteroatoms. The van der Waals surface area contributed by atoms with Gasteiger partial charge in [0.1, 0.15) is 11.5 Å². The highest BCUT2D eigenvalue weighted by molar-refractivity contribution is 7.09. The molecule has 17 heavy (non-hydrogen) atoms. The fourth-order valence-corrected chi connectivity index (χ4v) is 2.52. The zero-order valence-electron chi connectivity index (χ0n) is 10.1. The van der Waals surface area contributed by atoms with E-state index in [-0.39, 0.29) is 0 Å². The van der Waals surface area contributed by atoms with E-state index in [1.807, 2.05) is 24.6 Å². The molecule has 0 aliphatic heterocycles. The van der Waals surface area contributed by atoms with Crippen molar-refractivity contribution in [1.29, 1.82) is 0 Å². The van der Waals surface area contributed by atoms with Crippen LogP contribution >= 0.6 is 11.3 Å². The lowest BCUT2D eigenvalue weighted by atomic mass is 10.3. The molecule has 0 saturated carbocycles. The Morgan fingerprint density at radius 1 is 1.35 bits per heavy atom. The Bertz CT molecular complexity index is 478. The molecule has 0 aromatic carbocycles. The van der Waals surface area contributed by atoms with Gasteiger partial charge in [0.05, 0.1) is 24.3 Å². The van der Waals surface area contributed by atoms with Crippen molar-refractivity contribution in [2.75, 3.05) is 7.05 Å². The normalized spacial score (nSPS) is 11.3. The summed E-state index contributed by atoms with van der Waals surface area (Å²) >= 11 is 1.69. The average molecular weight is 251 g/mol. The lowest BCUT2D eigenvalue weighted by molar-refractivity contribution is 0.285. The minimum atomic E-state index is 0.456. The van der Waals surface area contributed by atoms with Crippen molar-refractivity contribution >= 4 is 11.3 Å². The molecule has 0 spiro atoms. The highest BCUT2D eigenvalue weighted by Crippen LogP contribution is 2.16. The molecule has 0 aliphatic rings. The van der Waals surface area contributed by atoms with Crippen molar-refractivity contribution in [3.05, 3.63) is 39.7 Å². The zero-order valence-corrected chi connectivity index (χ0v) is 11.0. The second kappa shape index (κ2) is 5.44. The van der Waals surface area contributed by atoms with Gasteiger partial charge in [-0.1, -0.05) is 0 Å². The Morgan fingerprint density at radius 3 is 2.71 bits per heavy atom. The lowest BCUT2D eigenvalue weighted by Crippen LogP contribution is -2.16. The molecule has 4 nitrogen and oxygen atoms in total. The van der Waals surface area contributed by atoms with Gasteiger partial charge in [0.15, 0.2) is 0 Å². The molecule has 0 amide bonds. The van der Waals surface area contributed by atoms with Crippen molar-refractivity contribution in [3.8, 4) is 0 Å². The fraction of sp³-hybridized carbons (Fsp3) is 0.417. The maximum absolute atomic E-state index is 5.57. The summed E-state index contributed by atoms with van der Waals surface area (Å²) in [5.74, 6) is 1.79. The monoisotopic (exact) mass is 251 g/mol. The van der Waals surface area contributed by atoms with Gasteiger partial charge in [0.25, 0.3) is 0 Å². The Balaban J connectivity index is 1.93. The van der Waals surface area contributed by atoms with Gasteiger partial charge >= 0.3 is 0 Å². The number of nitrogens with two attached hydrogens (primary N) is 1. The average Bonchev–Trinajstić information content (AvgIpc) is 2.89. The number of aryl methyl sites for hydroxylation is 1.